The molecule has 2 heterocycles. The van der Waals surface area contributed by atoms with Crippen molar-refractivity contribution in [2.75, 3.05) is 0 Å². The van der Waals surface area contributed by atoms with E-state index in [2.05, 4.69) is 0 Å². The first-order valence-corrected chi connectivity index (χ1v) is 4.96. The Morgan fingerprint density at radius 3 is 2.80 bits per heavy atom. The van der Waals surface area contributed by atoms with Crippen molar-refractivity contribution < 1.29 is 4.79 Å². The van der Waals surface area contributed by atoms with Crippen LogP contribution in [0.3, 0.4) is 0 Å². The second-order valence-corrected chi connectivity index (χ2v) is 3.92. The van der Waals surface area contributed by atoms with Gasteiger partial charge in [-0.1, -0.05) is 13.0 Å². The van der Waals surface area contributed by atoms with E-state index >= 15 is 0 Å². The van der Waals surface area contributed by atoms with Gasteiger partial charge in [0.05, 0.1) is 7.85 Å². The molecule has 3 heteroatoms. The minimum atomic E-state index is -0.441. The maximum Gasteiger partial charge on any atom is 0.158 e. The maximum absolute atomic E-state index is 11.7. The first-order chi connectivity index (χ1) is 7.08. The van der Waals surface area contributed by atoms with Gasteiger partial charge >= 0.3 is 0 Å². The number of aryl methyl sites for hydroxylation is 1. The van der Waals surface area contributed by atoms with Gasteiger partial charge < -0.3 is 4.40 Å². The number of hydrogen-bond donors (Lipinski definition) is 0. The van der Waals surface area contributed by atoms with Crippen LogP contribution in [-0.2, 0) is 0 Å². The highest BCUT2D eigenvalue weighted by Crippen LogP contribution is 2.15. The van der Waals surface area contributed by atoms with E-state index in [4.69, 9.17) is 7.85 Å². The molecule has 2 nitrogen and oxygen atoms in total. The predicted molar refractivity (Wildman–Crippen MR) is 61.6 cm³/mol. The van der Waals surface area contributed by atoms with Crippen LogP contribution in [0.2, 0.25) is 5.82 Å². The molecule has 0 N–H and O–H groups in total. The molecule has 74 valence electrons. The van der Waals surface area contributed by atoms with E-state index in [0.717, 1.165) is 11.1 Å². The summed E-state index contributed by atoms with van der Waals surface area (Å²) in [4.78, 5) is 11.7. The smallest absolute Gasteiger partial charge is 0.158 e. The summed E-state index contributed by atoms with van der Waals surface area (Å²) >= 11 is 0. The Labute approximate surface area is 90.3 Å². The number of fused-ring (bicyclic) bond motifs is 1. The van der Waals surface area contributed by atoms with Gasteiger partial charge in [0.25, 0.3) is 0 Å². The lowest BCUT2D eigenvalue weighted by Crippen LogP contribution is -2.03. The van der Waals surface area contributed by atoms with Crippen molar-refractivity contribution in [3.05, 3.63) is 41.7 Å². The van der Waals surface area contributed by atoms with Gasteiger partial charge in [0.1, 0.15) is 0 Å². The fraction of sp³-hybridized carbons (Fsp3) is 0.250. The van der Waals surface area contributed by atoms with Crippen molar-refractivity contribution in [3.63, 3.8) is 0 Å². The topological polar surface area (TPSA) is 21.5 Å². The number of ketones is 1. The molecule has 1 unspecified atom stereocenters. The molecule has 0 aromatic carbocycles. The average molecular weight is 197 g/mol. The Bertz CT molecular complexity index is 513. The number of hydrogen-bond acceptors (Lipinski definition) is 1. The van der Waals surface area contributed by atoms with E-state index in [9.17, 15) is 4.79 Å². The Balaban J connectivity index is 2.52. The van der Waals surface area contributed by atoms with Crippen LogP contribution in [0.25, 0.3) is 5.52 Å². The number of carbonyl (C=O) groups is 1. The van der Waals surface area contributed by atoms with Gasteiger partial charge in [-0.25, -0.2) is 0 Å². The SMILES string of the molecule is [B]C(C)C(=O)c1cc2ccc(C)cn2c1. The van der Waals surface area contributed by atoms with E-state index in [1.54, 1.807) is 6.92 Å². The van der Waals surface area contributed by atoms with E-state index < -0.39 is 5.82 Å². The van der Waals surface area contributed by atoms with Crippen LogP contribution in [0.5, 0.6) is 0 Å². The lowest BCUT2D eigenvalue weighted by atomic mass is 9.83. The summed E-state index contributed by atoms with van der Waals surface area (Å²) < 4.78 is 1.95. The second-order valence-electron chi connectivity index (χ2n) is 3.92. The number of Topliss-reactive ketones (excluding diaryl/α,β-unsaturated/α-hetero) is 1. The van der Waals surface area contributed by atoms with Crippen molar-refractivity contribution in [3.8, 4) is 0 Å². The van der Waals surface area contributed by atoms with Gasteiger partial charge in [0, 0.05) is 23.5 Å². The Morgan fingerprint density at radius 2 is 2.13 bits per heavy atom. The molecule has 0 bridgehead atoms. The standard InChI is InChI=1S/C12H12BNO/c1-8-3-4-11-5-10(7-14(11)6-8)12(15)9(2)13/h3-7,9H,1-2H3. The maximum atomic E-state index is 11.7. The third-order valence-electron chi connectivity index (χ3n) is 2.44. The minimum absolute atomic E-state index is 0.0173. The van der Waals surface area contributed by atoms with Gasteiger partial charge in [0.15, 0.2) is 5.78 Å². The number of aromatic nitrogens is 1. The number of rotatable bonds is 2. The minimum Gasteiger partial charge on any atom is -0.323 e. The van der Waals surface area contributed by atoms with Crippen molar-refractivity contribution in [1.29, 1.82) is 0 Å². The molecule has 0 aliphatic rings. The summed E-state index contributed by atoms with van der Waals surface area (Å²) in [5.74, 6) is -0.458. The Kier molecular flexibility index (Phi) is 2.39. The normalized spacial score (nSPS) is 12.9. The zero-order chi connectivity index (χ0) is 11.0. The van der Waals surface area contributed by atoms with Gasteiger partial charge in [-0.2, -0.15) is 0 Å². The summed E-state index contributed by atoms with van der Waals surface area (Å²) in [5.41, 5.74) is 2.86. The predicted octanol–water partition coefficient (Wildman–Crippen LogP) is 2.41. The highest BCUT2D eigenvalue weighted by molar-refractivity contribution is 6.27. The molecule has 0 aliphatic carbocycles. The van der Waals surface area contributed by atoms with E-state index in [1.807, 2.05) is 41.9 Å². The summed E-state index contributed by atoms with van der Waals surface area (Å²) in [6.07, 6.45) is 3.82. The third-order valence-corrected chi connectivity index (χ3v) is 2.44. The Hall–Kier alpha value is -1.51. The molecule has 0 saturated heterocycles. The van der Waals surface area contributed by atoms with E-state index in [0.29, 0.717) is 5.56 Å². The molecule has 0 amide bonds. The third kappa shape index (κ3) is 1.82. The van der Waals surface area contributed by atoms with Gasteiger partial charge in [0.2, 0.25) is 0 Å². The highest BCUT2D eigenvalue weighted by atomic mass is 16.1. The van der Waals surface area contributed by atoms with Crippen LogP contribution in [0, 0.1) is 6.92 Å². The monoisotopic (exact) mass is 197 g/mol. The summed E-state index contributed by atoms with van der Waals surface area (Å²) in [7, 11) is 5.56. The summed E-state index contributed by atoms with van der Waals surface area (Å²) in [6.45, 7) is 3.72. The van der Waals surface area contributed by atoms with Crippen molar-refractivity contribution in [1.82, 2.24) is 4.40 Å². The van der Waals surface area contributed by atoms with Crippen molar-refractivity contribution in [2.45, 2.75) is 19.7 Å². The largest absolute Gasteiger partial charge is 0.323 e. The van der Waals surface area contributed by atoms with Gasteiger partial charge in [-0.3, -0.25) is 4.79 Å². The first kappa shape index (κ1) is 10.0. The van der Waals surface area contributed by atoms with Crippen LogP contribution in [0.1, 0.15) is 22.8 Å². The molecule has 0 saturated carbocycles. The molecule has 2 aromatic rings. The number of nitrogens with zero attached hydrogens (tertiary/aromatic N) is 1. The molecular formula is C12H12BNO. The van der Waals surface area contributed by atoms with E-state index in [-0.39, 0.29) is 5.78 Å². The fourth-order valence-electron chi connectivity index (χ4n) is 1.62. The van der Waals surface area contributed by atoms with Crippen molar-refractivity contribution in [2.24, 2.45) is 0 Å². The van der Waals surface area contributed by atoms with E-state index in [1.165, 1.54) is 0 Å². The molecule has 0 aliphatic heterocycles. The lowest BCUT2D eigenvalue weighted by molar-refractivity contribution is 0.0989. The van der Waals surface area contributed by atoms with Gasteiger partial charge in [-0.05, 0) is 30.4 Å². The van der Waals surface area contributed by atoms with Crippen LogP contribution >= 0.6 is 0 Å². The van der Waals surface area contributed by atoms with Gasteiger partial charge in [-0.15, -0.1) is 0 Å². The second kappa shape index (κ2) is 3.57. The highest BCUT2D eigenvalue weighted by Gasteiger charge is 2.11. The molecule has 2 rings (SSSR count). The number of carbonyl (C=O) groups excluding carboxylic acids is 1. The molecule has 15 heavy (non-hydrogen) atoms. The molecule has 2 radical (unpaired) electrons. The molecule has 0 fully saturated rings. The zero-order valence-electron chi connectivity index (χ0n) is 8.90. The Morgan fingerprint density at radius 1 is 1.40 bits per heavy atom. The molecule has 0 spiro atoms. The van der Waals surface area contributed by atoms with Crippen LogP contribution in [0.15, 0.2) is 30.6 Å². The fourth-order valence-corrected chi connectivity index (χ4v) is 1.62. The first-order valence-electron chi connectivity index (χ1n) is 4.96. The summed E-state index contributed by atoms with van der Waals surface area (Å²) in [6, 6.07) is 5.88. The molecule has 2 aromatic heterocycles. The van der Waals surface area contributed by atoms with Crippen molar-refractivity contribution >= 4 is 19.1 Å². The quantitative estimate of drug-likeness (QED) is 0.535. The molecular weight excluding hydrogens is 185 g/mol. The van der Waals surface area contributed by atoms with Crippen LogP contribution in [0.4, 0.5) is 0 Å². The average Bonchev–Trinajstić information content (AvgIpc) is 2.58. The summed E-state index contributed by atoms with van der Waals surface area (Å²) in [5, 5.41) is 0. The van der Waals surface area contributed by atoms with Crippen LogP contribution < -0.4 is 0 Å². The van der Waals surface area contributed by atoms with Crippen LogP contribution in [-0.4, -0.2) is 18.0 Å². The molecule has 1 atom stereocenters. The zero-order valence-corrected chi connectivity index (χ0v) is 8.90. The lowest BCUT2D eigenvalue weighted by Gasteiger charge is -1.99. The number of pyridine rings is 1.